The summed E-state index contributed by atoms with van der Waals surface area (Å²) in [5, 5.41) is 11.9. The molecule has 0 aliphatic carbocycles. The Kier molecular flexibility index (Phi) is 8.03. The molecule has 0 saturated carbocycles. The van der Waals surface area contributed by atoms with Crippen molar-refractivity contribution in [3.63, 3.8) is 0 Å². The van der Waals surface area contributed by atoms with Gasteiger partial charge in [0.2, 0.25) is 0 Å². The smallest absolute Gasteiger partial charge is 0.266 e. The molecule has 32 heavy (non-hydrogen) atoms. The number of rotatable bonds is 7. The highest BCUT2D eigenvalue weighted by molar-refractivity contribution is 9.10. The maximum Gasteiger partial charge on any atom is 0.266 e. The van der Waals surface area contributed by atoms with Gasteiger partial charge in [-0.25, -0.2) is 4.39 Å². The molecule has 1 amide bonds. The van der Waals surface area contributed by atoms with Crippen LogP contribution < -0.4 is 14.8 Å². The number of ether oxygens (including phenoxy) is 2. The van der Waals surface area contributed by atoms with Gasteiger partial charge in [-0.2, -0.15) is 5.26 Å². The molecule has 0 fully saturated rings. The predicted octanol–water partition coefficient (Wildman–Crippen LogP) is 6.48. The molecule has 162 valence electrons. The van der Waals surface area contributed by atoms with Gasteiger partial charge in [-0.3, -0.25) is 4.79 Å². The molecule has 0 bridgehead atoms. The number of hydrogen-bond donors (Lipinski definition) is 1. The molecule has 0 heterocycles. The van der Waals surface area contributed by atoms with E-state index in [1.165, 1.54) is 31.4 Å². The summed E-state index contributed by atoms with van der Waals surface area (Å²) in [5.41, 5.74) is 1.30. The number of carbonyl (C=O) groups excluding carboxylic acids is 1. The summed E-state index contributed by atoms with van der Waals surface area (Å²) in [7, 11) is 1.50. The molecule has 0 atom stereocenters. The first-order valence-electron chi connectivity index (χ1n) is 9.33. The van der Waals surface area contributed by atoms with Gasteiger partial charge in [-0.1, -0.05) is 56.1 Å². The zero-order chi connectivity index (χ0) is 23.1. The first-order valence-corrected chi connectivity index (χ1v) is 10.9. The first-order chi connectivity index (χ1) is 15.4. The molecule has 8 heteroatoms. The number of amides is 1. The van der Waals surface area contributed by atoms with Crippen LogP contribution in [0.5, 0.6) is 11.5 Å². The summed E-state index contributed by atoms with van der Waals surface area (Å²) in [6.07, 6.45) is 1.39. The van der Waals surface area contributed by atoms with Gasteiger partial charge in [0, 0.05) is 8.95 Å². The SMILES string of the molecule is COc1cc(/C=C(/C#N)C(=O)Nc2ccccc2F)c(Br)cc1OCc1ccc(Br)cc1. The number of nitrogens with one attached hydrogen (secondary N) is 1. The molecule has 0 aliphatic heterocycles. The van der Waals surface area contributed by atoms with Crippen LogP contribution in [-0.2, 0) is 11.4 Å². The number of nitrogens with zero attached hydrogens (tertiary/aromatic N) is 1. The fraction of sp³-hybridized carbons (Fsp3) is 0.0833. The number of benzene rings is 3. The summed E-state index contributed by atoms with van der Waals surface area (Å²) in [5.74, 6) is -0.385. The third-order valence-electron chi connectivity index (χ3n) is 4.38. The Balaban J connectivity index is 1.82. The van der Waals surface area contributed by atoms with Crippen molar-refractivity contribution >= 4 is 49.5 Å². The molecule has 3 aromatic rings. The van der Waals surface area contributed by atoms with Gasteiger partial charge in [-0.05, 0) is 53.6 Å². The lowest BCUT2D eigenvalue weighted by Crippen LogP contribution is -2.14. The number of methoxy groups -OCH3 is 1. The zero-order valence-corrected chi connectivity index (χ0v) is 20.0. The van der Waals surface area contributed by atoms with E-state index in [1.54, 1.807) is 18.2 Å². The van der Waals surface area contributed by atoms with Crippen molar-refractivity contribution in [3.8, 4) is 17.6 Å². The average molecular weight is 560 g/mol. The summed E-state index contributed by atoms with van der Waals surface area (Å²) >= 11 is 6.84. The monoisotopic (exact) mass is 558 g/mol. The second-order valence-corrected chi connectivity index (χ2v) is 8.31. The third-order valence-corrected chi connectivity index (χ3v) is 5.59. The van der Waals surface area contributed by atoms with Crippen LogP contribution in [0.2, 0.25) is 0 Å². The lowest BCUT2D eigenvalue weighted by atomic mass is 10.1. The number of carbonyl (C=O) groups is 1. The van der Waals surface area contributed by atoms with E-state index in [4.69, 9.17) is 9.47 Å². The molecule has 1 N–H and O–H groups in total. The van der Waals surface area contributed by atoms with E-state index in [2.05, 4.69) is 37.2 Å². The van der Waals surface area contributed by atoms with E-state index >= 15 is 0 Å². The van der Waals surface area contributed by atoms with Crippen LogP contribution in [0.25, 0.3) is 6.08 Å². The van der Waals surface area contributed by atoms with E-state index in [1.807, 2.05) is 30.3 Å². The quantitative estimate of drug-likeness (QED) is 0.265. The molecule has 0 saturated heterocycles. The molecule has 5 nitrogen and oxygen atoms in total. The van der Waals surface area contributed by atoms with Crippen molar-refractivity contribution in [2.24, 2.45) is 0 Å². The van der Waals surface area contributed by atoms with Gasteiger partial charge in [0.15, 0.2) is 11.5 Å². The fourth-order valence-electron chi connectivity index (χ4n) is 2.73. The van der Waals surface area contributed by atoms with Gasteiger partial charge in [0.05, 0.1) is 12.8 Å². The lowest BCUT2D eigenvalue weighted by Gasteiger charge is -2.13. The minimum absolute atomic E-state index is 0.00742. The molecular weight excluding hydrogens is 543 g/mol. The highest BCUT2D eigenvalue weighted by atomic mass is 79.9. The first kappa shape index (κ1) is 23.5. The molecule has 0 aliphatic rings. The van der Waals surface area contributed by atoms with Gasteiger partial charge in [0.25, 0.3) is 5.91 Å². The maximum absolute atomic E-state index is 13.8. The second kappa shape index (κ2) is 10.9. The summed E-state index contributed by atoms with van der Waals surface area (Å²) < 4.78 is 26.7. The van der Waals surface area contributed by atoms with Crippen LogP contribution in [0.3, 0.4) is 0 Å². The Labute approximate surface area is 201 Å². The van der Waals surface area contributed by atoms with Crippen molar-refractivity contribution in [2.75, 3.05) is 12.4 Å². The van der Waals surface area contributed by atoms with Crippen LogP contribution in [0.4, 0.5) is 10.1 Å². The van der Waals surface area contributed by atoms with Crippen molar-refractivity contribution in [3.05, 3.63) is 92.1 Å². The van der Waals surface area contributed by atoms with E-state index < -0.39 is 11.7 Å². The minimum atomic E-state index is -0.723. The number of para-hydroxylation sites is 1. The van der Waals surface area contributed by atoms with Gasteiger partial charge >= 0.3 is 0 Å². The standard InChI is InChI=1S/C24H17Br2FN2O3/c1-31-22-11-16(10-17(13-28)24(30)29-21-5-3-2-4-20(21)27)19(26)12-23(22)32-14-15-6-8-18(25)9-7-15/h2-12H,14H2,1H3,(H,29,30)/b17-10-. The maximum atomic E-state index is 13.8. The number of anilines is 1. The average Bonchev–Trinajstić information content (AvgIpc) is 2.79. The Morgan fingerprint density at radius 3 is 2.50 bits per heavy atom. The zero-order valence-electron chi connectivity index (χ0n) is 16.9. The van der Waals surface area contributed by atoms with Gasteiger partial charge in [-0.15, -0.1) is 0 Å². The van der Waals surface area contributed by atoms with E-state index in [0.29, 0.717) is 28.1 Å². The summed E-state index contributed by atoms with van der Waals surface area (Å²) in [6.45, 7) is 0.333. The number of nitriles is 1. The van der Waals surface area contributed by atoms with Crippen molar-refractivity contribution in [2.45, 2.75) is 6.61 Å². The Morgan fingerprint density at radius 1 is 1.12 bits per heavy atom. The normalized spacial score (nSPS) is 10.9. The van der Waals surface area contributed by atoms with Crippen LogP contribution in [0.15, 0.2) is 75.2 Å². The minimum Gasteiger partial charge on any atom is -0.493 e. The molecule has 0 aromatic heterocycles. The van der Waals surface area contributed by atoms with Crippen LogP contribution in [-0.4, -0.2) is 13.0 Å². The summed E-state index contributed by atoms with van der Waals surface area (Å²) in [4.78, 5) is 12.5. The van der Waals surface area contributed by atoms with E-state index in [0.717, 1.165) is 10.0 Å². The second-order valence-electron chi connectivity index (χ2n) is 6.54. The molecule has 0 spiro atoms. The number of hydrogen-bond acceptors (Lipinski definition) is 4. The van der Waals surface area contributed by atoms with Crippen molar-refractivity contribution < 1.29 is 18.7 Å². The van der Waals surface area contributed by atoms with E-state index in [9.17, 15) is 14.4 Å². The summed E-state index contributed by atoms with van der Waals surface area (Å²) in [6, 6.07) is 18.7. The number of halogens is 3. The van der Waals surface area contributed by atoms with Gasteiger partial charge < -0.3 is 14.8 Å². The van der Waals surface area contributed by atoms with Crippen molar-refractivity contribution in [1.29, 1.82) is 5.26 Å². The topological polar surface area (TPSA) is 71.3 Å². The molecular formula is C24H17Br2FN2O3. The Morgan fingerprint density at radius 2 is 1.84 bits per heavy atom. The Bertz CT molecular complexity index is 1200. The lowest BCUT2D eigenvalue weighted by molar-refractivity contribution is -0.112. The molecule has 3 rings (SSSR count). The highest BCUT2D eigenvalue weighted by Crippen LogP contribution is 2.35. The van der Waals surface area contributed by atoms with Crippen LogP contribution in [0.1, 0.15) is 11.1 Å². The highest BCUT2D eigenvalue weighted by Gasteiger charge is 2.15. The largest absolute Gasteiger partial charge is 0.493 e. The molecule has 0 radical (unpaired) electrons. The fourth-order valence-corrected chi connectivity index (χ4v) is 3.43. The van der Waals surface area contributed by atoms with Crippen LogP contribution in [0, 0.1) is 17.1 Å². The third kappa shape index (κ3) is 5.96. The van der Waals surface area contributed by atoms with E-state index in [-0.39, 0.29) is 11.3 Å². The van der Waals surface area contributed by atoms with Gasteiger partial charge in [0.1, 0.15) is 24.1 Å². The predicted molar refractivity (Wildman–Crippen MR) is 128 cm³/mol. The Hall–Kier alpha value is -3.15. The molecule has 3 aromatic carbocycles. The molecule has 0 unspecified atom stereocenters. The van der Waals surface area contributed by atoms with Crippen LogP contribution >= 0.6 is 31.9 Å². The van der Waals surface area contributed by atoms with Crippen molar-refractivity contribution in [1.82, 2.24) is 0 Å².